The van der Waals surface area contributed by atoms with Crippen molar-refractivity contribution in [1.29, 1.82) is 0 Å². The van der Waals surface area contributed by atoms with E-state index in [4.69, 9.17) is 4.99 Å². The summed E-state index contributed by atoms with van der Waals surface area (Å²) in [5.74, 6) is 0.617. The van der Waals surface area contributed by atoms with Gasteiger partial charge in [0, 0.05) is 11.1 Å². The monoisotopic (exact) mass is 688 g/mol. The van der Waals surface area contributed by atoms with Gasteiger partial charge in [-0.2, -0.15) is 0 Å². The molecular formula is C52H36N2. The second kappa shape index (κ2) is 12.9. The van der Waals surface area contributed by atoms with Crippen molar-refractivity contribution in [2.45, 2.75) is 11.8 Å². The predicted octanol–water partition coefficient (Wildman–Crippen LogP) is 12.6. The van der Waals surface area contributed by atoms with Gasteiger partial charge >= 0.3 is 0 Å². The molecule has 0 heterocycles. The summed E-state index contributed by atoms with van der Waals surface area (Å²) >= 11 is 0. The number of aliphatic imine (C=N–C) groups is 2. The van der Waals surface area contributed by atoms with E-state index in [0.717, 1.165) is 16.8 Å². The van der Waals surface area contributed by atoms with Crippen molar-refractivity contribution in [3.63, 3.8) is 0 Å². The molecule has 1 atom stereocenters. The molecular weight excluding hydrogens is 653 g/mol. The number of benzene rings is 8. The maximum absolute atomic E-state index is 5.51. The van der Waals surface area contributed by atoms with Crippen LogP contribution in [0.15, 0.2) is 210 Å². The molecule has 0 saturated carbocycles. The van der Waals surface area contributed by atoms with Crippen LogP contribution < -0.4 is 0 Å². The van der Waals surface area contributed by atoms with Gasteiger partial charge < -0.3 is 0 Å². The Kier molecular flexibility index (Phi) is 7.63. The molecule has 10 rings (SSSR count). The lowest BCUT2D eigenvalue weighted by Gasteiger charge is -2.33. The average molecular weight is 689 g/mol. The highest BCUT2D eigenvalue weighted by molar-refractivity contribution is 6.06. The Morgan fingerprint density at radius 2 is 1.02 bits per heavy atom. The summed E-state index contributed by atoms with van der Waals surface area (Å²) in [6, 6.07) is 70.1. The normalized spacial score (nSPS) is 15.7. The van der Waals surface area contributed by atoms with Crippen LogP contribution in [-0.4, -0.2) is 12.6 Å². The lowest BCUT2D eigenvalue weighted by atomic mass is 9.68. The topological polar surface area (TPSA) is 24.7 Å². The van der Waals surface area contributed by atoms with Gasteiger partial charge in [0.15, 0.2) is 5.84 Å². The van der Waals surface area contributed by atoms with Gasteiger partial charge in [0.25, 0.3) is 0 Å². The van der Waals surface area contributed by atoms with Crippen molar-refractivity contribution < 1.29 is 0 Å². The minimum atomic E-state index is -0.582. The molecule has 2 aliphatic rings. The van der Waals surface area contributed by atoms with Crippen LogP contribution in [0.4, 0.5) is 0 Å². The Hall–Kier alpha value is -6.90. The fourth-order valence-electron chi connectivity index (χ4n) is 8.94. The average Bonchev–Trinajstić information content (AvgIpc) is 3.69. The number of allylic oxidation sites excluding steroid dienone is 1. The maximum Gasteiger partial charge on any atom is 0.159 e. The van der Waals surface area contributed by atoms with Crippen LogP contribution in [-0.2, 0) is 11.8 Å². The Balaban J connectivity index is 1.26. The van der Waals surface area contributed by atoms with E-state index in [0.29, 0.717) is 12.3 Å². The zero-order valence-electron chi connectivity index (χ0n) is 29.8. The third kappa shape index (κ3) is 4.95. The van der Waals surface area contributed by atoms with E-state index < -0.39 is 5.41 Å². The fourth-order valence-corrected chi connectivity index (χ4v) is 8.94. The predicted molar refractivity (Wildman–Crippen MR) is 226 cm³/mol. The van der Waals surface area contributed by atoms with Crippen molar-refractivity contribution in [3.8, 4) is 33.4 Å². The molecule has 8 aromatic rings. The van der Waals surface area contributed by atoms with Crippen LogP contribution >= 0.6 is 0 Å². The number of rotatable bonds is 6. The summed E-state index contributed by atoms with van der Waals surface area (Å²) in [6.07, 6.45) is 0.706. The molecule has 8 aromatic carbocycles. The van der Waals surface area contributed by atoms with E-state index in [-0.39, 0.29) is 0 Å². The van der Waals surface area contributed by atoms with Gasteiger partial charge in [-0.05, 0) is 91.2 Å². The molecule has 254 valence electrons. The first-order valence-corrected chi connectivity index (χ1v) is 18.6. The zero-order chi connectivity index (χ0) is 36.1. The molecule has 1 spiro atoms. The first-order chi connectivity index (χ1) is 26.7. The first-order valence-electron chi connectivity index (χ1n) is 18.6. The van der Waals surface area contributed by atoms with Crippen molar-refractivity contribution >= 4 is 29.0 Å². The van der Waals surface area contributed by atoms with E-state index in [1.807, 2.05) is 18.2 Å². The number of nitrogens with zero attached hydrogens (tertiary/aromatic N) is 2. The number of hydrogen-bond acceptors (Lipinski definition) is 1. The largest absolute Gasteiger partial charge is 0.245 e. The molecule has 0 radical (unpaired) electrons. The Labute approximate surface area is 316 Å². The third-order valence-corrected chi connectivity index (χ3v) is 11.3. The lowest BCUT2D eigenvalue weighted by Crippen LogP contribution is -2.28. The fraction of sp³-hybridized carbons (Fsp3) is 0.0385. The van der Waals surface area contributed by atoms with Crippen LogP contribution in [0.3, 0.4) is 0 Å². The van der Waals surface area contributed by atoms with E-state index >= 15 is 0 Å². The molecule has 0 bridgehead atoms. The zero-order valence-corrected chi connectivity index (χ0v) is 29.8. The molecule has 0 aromatic heterocycles. The smallest absolute Gasteiger partial charge is 0.159 e. The van der Waals surface area contributed by atoms with Crippen LogP contribution in [0.5, 0.6) is 0 Å². The van der Waals surface area contributed by atoms with E-state index in [9.17, 15) is 0 Å². The Morgan fingerprint density at radius 1 is 0.463 bits per heavy atom. The van der Waals surface area contributed by atoms with Crippen LogP contribution in [0.25, 0.3) is 49.9 Å². The third-order valence-electron chi connectivity index (χ3n) is 11.3. The van der Waals surface area contributed by atoms with Crippen molar-refractivity contribution in [1.82, 2.24) is 0 Å². The second-order valence-electron chi connectivity index (χ2n) is 14.1. The summed E-state index contributed by atoms with van der Waals surface area (Å²) in [4.78, 5) is 10.1. The van der Waals surface area contributed by atoms with Gasteiger partial charge in [-0.25, -0.2) is 9.98 Å². The quantitative estimate of drug-likeness (QED) is 0.123. The summed E-state index contributed by atoms with van der Waals surface area (Å²) in [6.45, 7) is 4.01. The van der Waals surface area contributed by atoms with Crippen LogP contribution in [0, 0.1) is 0 Å². The lowest BCUT2D eigenvalue weighted by molar-refractivity contribution is 0.741. The molecule has 54 heavy (non-hydrogen) atoms. The van der Waals surface area contributed by atoms with Gasteiger partial charge in [-0.15, -0.1) is 0 Å². The number of amidine groups is 1. The molecule has 0 saturated heterocycles. The van der Waals surface area contributed by atoms with Gasteiger partial charge in [0.1, 0.15) is 0 Å². The molecule has 0 aliphatic heterocycles. The van der Waals surface area contributed by atoms with Crippen LogP contribution in [0.2, 0.25) is 0 Å². The highest BCUT2D eigenvalue weighted by atomic mass is 14.9. The highest BCUT2D eigenvalue weighted by Crippen LogP contribution is 2.63. The van der Waals surface area contributed by atoms with Crippen molar-refractivity contribution in [2.24, 2.45) is 9.98 Å². The highest BCUT2D eigenvalue weighted by Gasteiger charge is 2.53. The molecule has 0 fully saturated rings. The molecule has 2 aliphatic carbocycles. The minimum Gasteiger partial charge on any atom is -0.245 e. The Morgan fingerprint density at radius 3 is 1.78 bits per heavy atom. The molecule has 0 amide bonds. The van der Waals surface area contributed by atoms with Gasteiger partial charge in [0.2, 0.25) is 0 Å². The van der Waals surface area contributed by atoms with Gasteiger partial charge in [0.05, 0.1) is 11.1 Å². The SMILES string of the molecule is C=NC(=NC1=C(Cc2cccc3ccccc23)C2(c3ccccc31)c1ccccc1-c1ccc(-c3ccc(-c4ccccc4)cc3)cc12)c1ccccc1. The summed E-state index contributed by atoms with van der Waals surface area (Å²) in [5.41, 5.74) is 16.1. The maximum atomic E-state index is 5.51. The molecule has 1 unspecified atom stereocenters. The van der Waals surface area contributed by atoms with Gasteiger partial charge in [-0.3, -0.25) is 0 Å². The van der Waals surface area contributed by atoms with Crippen LogP contribution in [0.1, 0.15) is 33.4 Å². The minimum absolute atomic E-state index is 0.582. The summed E-state index contributed by atoms with van der Waals surface area (Å²) < 4.78 is 0. The van der Waals surface area contributed by atoms with E-state index in [1.54, 1.807) is 0 Å². The standard InChI is InChI=1S/C52H36N2/c1-53-51(39-18-6-3-7-19-39)54-50-45-24-11-13-26-47(45)52(49(50)34-41-21-14-20-38-17-8-9-22-42(38)41)46-25-12-10-23-43(46)44-32-31-40(33-48(44)52)37-29-27-36(28-30-37)35-15-4-2-5-16-35/h2-33H,1,34H2. The summed E-state index contributed by atoms with van der Waals surface area (Å²) in [5, 5.41) is 2.49. The van der Waals surface area contributed by atoms with E-state index in [2.05, 4.69) is 188 Å². The summed E-state index contributed by atoms with van der Waals surface area (Å²) in [7, 11) is 0. The van der Waals surface area contributed by atoms with Crippen molar-refractivity contribution in [2.75, 3.05) is 0 Å². The van der Waals surface area contributed by atoms with Gasteiger partial charge in [-0.1, -0.05) is 188 Å². The number of fused-ring (bicyclic) bond motifs is 8. The van der Waals surface area contributed by atoms with E-state index in [1.165, 1.54) is 72.0 Å². The van der Waals surface area contributed by atoms with Crippen molar-refractivity contribution in [3.05, 3.63) is 233 Å². The molecule has 2 nitrogen and oxygen atoms in total. The number of hydrogen-bond donors (Lipinski definition) is 0. The first kappa shape index (κ1) is 31.8. The Bertz CT molecular complexity index is 2790. The molecule has 0 N–H and O–H groups in total. The molecule has 2 heteroatoms. The second-order valence-corrected chi connectivity index (χ2v) is 14.1.